The number of hydrogen-bond donors (Lipinski definition) is 1. The molecule has 2 heterocycles. The van der Waals surface area contributed by atoms with Crippen molar-refractivity contribution in [3.63, 3.8) is 0 Å². The summed E-state index contributed by atoms with van der Waals surface area (Å²) in [7, 11) is 4.17. The van der Waals surface area contributed by atoms with Crippen LogP contribution in [0, 0.1) is 6.92 Å². The van der Waals surface area contributed by atoms with Crippen LogP contribution in [-0.4, -0.2) is 40.9 Å². The monoisotopic (exact) mass is 208 g/mol. The van der Waals surface area contributed by atoms with Crippen molar-refractivity contribution in [1.82, 2.24) is 20.0 Å². The molecule has 15 heavy (non-hydrogen) atoms. The zero-order valence-electron chi connectivity index (χ0n) is 9.82. The van der Waals surface area contributed by atoms with E-state index in [2.05, 4.69) is 29.3 Å². The second kappa shape index (κ2) is 4.33. The van der Waals surface area contributed by atoms with Gasteiger partial charge in [0.25, 0.3) is 0 Å². The summed E-state index contributed by atoms with van der Waals surface area (Å²) in [5, 5.41) is 7.83. The average molecular weight is 208 g/mol. The molecule has 2 rings (SSSR count). The highest BCUT2D eigenvalue weighted by Crippen LogP contribution is 2.09. The predicted molar refractivity (Wildman–Crippen MR) is 60.7 cm³/mol. The highest BCUT2D eigenvalue weighted by molar-refractivity contribution is 5.15. The van der Waals surface area contributed by atoms with E-state index in [4.69, 9.17) is 0 Å². The van der Waals surface area contributed by atoms with E-state index in [1.165, 1.54) is 30.8 Å². The van der Waals surface area contributed by atoms with Gasteiger partial charge in [-0.05, 0) is 26.9 Å². The van der Waals surface area contributed by atoms with Gasteiger partial charge in [0, 0.05) is 37.4 Å². The zero-order chi connectivity index (χ0) is 10.8. The Hall–Kier alpha value is -0.870. The standard InChI is InChI=1S/C11H20N4/c1-9-10(7-13-15(9)3)6-12-11-4-5-14(2)8-11/h7,11-12H,4-6,8H2,1-3H3/t11-/m0/s1. The topological polar surface area (TPSA) is 33.1 Å². The third kappa shape index (κ3) is 2.38. The molecular formula is C11H20N4. The molecule has 0 unspecified atom stereocenters. The van der Waals surface area contributed by atoms with Crippen molar-refractivity contribution in [1.29, 1.82) is 0 Å². The van der Waals surface area contributed by atoms with Crippen LogP contribution in [0.25, 0.3) is 0 Å². The SMILES string of the molecule is Cc1c(CN[C@H]2CCN(C)C2)cnn1C. The average Bonchev–Trinajstić information content (AvgIpc) is 2.74. The maximum atomic E-state index is 4.24. The van der Waals surface area contributed by atoms with Crippen molar-refractivity contribution >= 4 is 0 Å². The van der Waals surface area contributed by atoms with E-state index in [-0.39, 0.29) is 0 Å². The fourth-order valence-electron chi connectivity index (χ4n) is 2.07. The van der Waals surface area contributed by atoms with Gasteiger partial charge >= 0.3 is 0 Å². The molecule has 1 N–H and O–H groups in total. The molecule has 1 aliphatic heterocycles. The van der Waals surface area contributed by atoms with Crippen molar-refractivity contribution in [3.05, 3.63) is 17.5 Å². The first-order valence-electron chi connectivity index (χ1n) is 5.56. The largest absolute Gasteiger partial charge is 0.308 e. The molecule has 1 aromatic heterocycles. The molecule has 84 valence electrons. The molecule has 0 radical (unpaired) electrons. The predicted octanol–water partition coefficient (Wildman–Crippen LogP) is 0.522. The van der Waals surface area contributed by atoms with Crippen LogP contribution in [0.1, 0.15) is 17.7 Å². The Labute approximate surface area is 91.3 Å². The van der Waals surface area contributed by atoms with Gasteiger partial charge in [-0.15, -0.1) is 0 Å². The van der Waals surface area contributed by atoms with Gasteiger partial charge in [0.15, 0.2) is 0 Å². The van der Waals surface area contributed by atoms with Gasteiger partial charge in [-0.2, -0.15) is 5.10 Å². The maximum Gasteiger partial charge on any atom is 0.0537 e. The summed E-state index contributed by atoms with van der Waals surface area (Å²) in [5.74, 6) is 0. The molecule has 1 aromatic rings. The minimum Gasteiger partial charge on any atom is -0.308 e. The number of rotatable bonds is 3. The van der Waals surface area contributed by atoms with Crippen LogP contribution < -0.4 is 5.32 Å². The summed E-state index contributed by atoms with van der Waals surface area (Å²) in [4.78, 5) is 2.37. The summed E-state index contributed by atoms with van der Waals surface area (Å²) in [6, 6.07) is 0.648. The number of likely N-dealkylation sites (N-methyl/N-ethyl adjacent to an activating group) is 1. The Bertz CT molecular complexity index is 331. The number of nitrogens with zero attached hydrogens (tertiary/aromatic N) is 3. The summed E-state index contributed by atoms with van der Waals surface area (Å²) in [5.41, 5.74) is 2.57. The van der Waals surface area contributed by atoms with Crippen LogP contribution in [0.4, 0.5) is 0 Å². The molecule has 1 fully saturated rings. The summed E-state index contributed by atoms with van der Waals surface area (Å²) in [6.07, 6.45) is 3.22. The first kappa shape index (κ1) is 10.6. The Morgan fingerprint density at radius 1 is 1.53 bits per heavy atom. The molecule has 0 amide bonds. The lowest BCUT2D eigenvalue weighted by Crippen LogP contribution is -2.31. The van der Waals surface area contributed by atoms with Gasteiger partial charge in [0.2, 0.25) is 0 Å². The first-order chi connectivity index (χ1) is 7.16. The minimum absolute atomic E-state index is 0.648. The molecule has 1 atom stereocenters. The van der Waals surface area contributed by atoms with E-state index >= 15 is 0 Å². The van der Waals surface area contributed by atoms with Crippen LogP contribution in [0.3, 0.4) is 0 Å². The van der Waals surface area contributed by atoms with E-state index in [1.54, 1.807) is 0 Å². The molecule has 0 saturated carbocycles. The van der Waals surface area contributed by atoms with Crippen LogP contribution in [0.15, 0.2) is 6.20 Å². The van der Waals surface area contributed by atoms with Gasteiger partial charge in [0.05, 0.1) is 6.20 Å². The van der Waals surface area contributed by atoms with Crippen molar-refractivity contribution in [2.45, 2.75) is 25.9 Å². The van der Waals surface area contributed by atoms with Gasteiger partial charge < -0.3 is 10.2 Å². The number of nitrogens with one attached hydrogen (secondary N) is 1. The molecule has 0 spiro atoms. The van der Waals surface area contributed by atoms with Crippen molar-refractivity contribution in [3.8, 4) is 0 Å². The first-order valence-corrected chi connectivity index (χ1v) is 5.56. The maximum absolute atomic E-state index is 4.24. The van der Waals surface area contributed by atoms with E-state index in [0.29, 0.717) is 6.04 Å². The smallest absolute Gasteiger partial charge is 0.0537 e. The Balaban J connectivity index is 1.85. The van der Waals surface area contributed by atoms with Crippen molar-refractivity contribution < 1.29 is 0 Å². The van der Waals surface area contributed by atoms with Crippen LogP contribution in [0.2, 0.25) is 0 Å². The molecule has 1 saturated heterocycles. The fraction of sp³-hybridized carbons (Fsp3) is 0.727. The van der Waals surface area contributed by atoms with E-state index < -0.39 is 0 Å². The summed E-state index contributed by atoms with van der Waals surface area (Å²) >= 11 is 0. The number of aromatic nitrogens is 2. The molecule has 0 aliphatic carbocycles. The minimum atomic E-state index is 0.648. The number of aryl methyl sites for hydroxylation is 1. The number of likely N-dealkylation sites (tertiary alicyclic amines) is 1. The van der Waals surface area contributed by atoms with E-state index in [1.807, 2.05) is 17.9 Å². The highest BCUT2D eigenvalue weighted by atomic mass is 15.3. The van der Waals surface area contributed by atoms with Crippen molar-refractivity contribution in [2.24, 2.45) is 7.05 Å². The molecule has 0 bridgehead atoms. The quantitative estimate of drug-likeness (QED) is 0.786. The molecule has 4 nitrogen and oxygen atoms in total. The van der Waals surface area contributed by atoms with Gasteiger partial charge in [-0.3, -0.25) is 4.68 Å². The lowest BCUT2D eigenvalue weighted by molar-refractivity contribution is 0.397. The molecular weight excluding hydrogens is 188 g/mol. The molecule has 1 aliphatic rings. The summed E-state index contributed by atoms with van der Waals surface area (Å²) < 4.78 is 1.93. The second-order valence-electron chi connectivity index (χ2n) is 4.51. The third-order valence-electron chi connectivity index (χ3n) is 3.31. The van der Waals surface area contributed by atoms with Gasteiger partial charge in [-0.25, -0.2) is 0 Å². The molecule has 0 aromatic carbocycles. The fourth-order valence-corrected chi connectivity index (χ4v) is 2.07. The van der Waals surface area contributed by atoms with Crippen LogP contribution >= 0.6 is 0 Å². The number of hydrogen-bond acceptors (Lipinski definition) is 3. The Morgan fingerprint density at radius 2 is 2.33 bits per heavy atom. The Kier molecular flexibility index (Phi) is 3.07. The normalized spacial score (nSPS) is 22.5. The zero-order valence-corrected chi connectivity index (χ0v) is 9.82. The lowest BCUT2D eigenvalue weighted by Gasteiger charge is -2.12. The lowest BCUT2D eigenvalue weighted by atomic mass is 10.2. The van der Waals surface area contributed by atoms with Gasteiger partial charge in [0.1, 0.15) is 0 Å². The Morgan fingerprint density at radius 3 is 2.87 bits per heavy atom. The van der Waals surface area contributed by atoms with Gasteiger partial charge in [-0.1, -0.05) is 0 Å². The van der Waals surface area contributed by atoms with E-state index in [9.17, 15) is 0 Å². The van der Waals surface area contributed by atoms with E-state index in [0.717, 1.165) is 6.54 Å². The van der Waals surface area contributed by atoms with Crippen LogP contribution in [-0.2, 0) is 13.6 Å². The second-order valence-corrected chi connectivity index (χ2v) is 4.51. The highest BCUT2D eigenvalue weighted by Gasteiger charge is 2.18. The van der Waals surface area contributed by atoms with Crippen LogP contribution in [0.5, 0.6) is 0 Å². The third-order valence-corrected chi connectivity index (χ3v) is 3.31. The van der Waals surface area contributed by atoms with Crippen molar-refractivity contribution in [2.75, 3.05) is 20.1 Å². The molecule has 4 heteroatoms. The summed E-state index contributed by atoms with van der Waals surface area (Å²) in [6.45, 7) is 5.44.